The molecule has 0 amide bonds. The molecule has 0 radical (unpaired) electrons. The topological polar surface area (TPSA) is 46.2 Å². The first-order valence-corrected chi connectivity index (χ1v) is 10.1. The van der Waals surface area contributed by atoms with Crippen LogP contribution in [0, 0.1) is 40.4 Å². The van der Waals surface area contributed by atoms with Crippen molar-refractivity contribution < 1.29 is 21.6 Å². The Morgan fingerprint density at radius 2 is 1.42 bits per heavy atom. The van der Waals surface area contributed by atoms with Crippen LogP contribution >= 0.6 is 0 Å². The van der Waals surface area contributed by atoms with Gasteiger partial charge in [0.1, 0.15) is 0 Å². The van der Waals surface area contributed by atoms with Crippen molar-refractivity contribution in [2.45, 2.75) is 59.9 Å². The van der Waals surface area contributed by atoms with Crippen molar-refractivity contribution in [2.75, 3.05) is 6.54 Å². The smallest absolute Gasteiger partial charge is 0.207 e. The highest BCUT2D eigenvalue weighted by Crippen LogP contribution is 2.64. The Kier molecular flexibility index (Phi) is 4.89. The number of halogens is 3. The maximum Gasteiger partial charge on any atom is 0.511 e. The summed E-state index contributed by atoms with van der Waals surface area (Å²) in [5.41, 5.74) is -5.03. The number of rotatable bonds is 3. The van der Waals surface area contributed by atoms with E-state index in [0.717, 1.165) is 12.8 Å². The molecule has 1 N–H and O–H groups in total. The first kappa shape index (κ1) is 20.0. The molecule has 3 nitrogen and oxygen atoms in total. The molecule has 2 aliphatic rings. The third-order valence-corrected chi connectivity index (χ3v) is 7.14. The molecule has 5 unspecified atom stereocenters. The summed E-state index contributed by atoms with van der Waals surface area (Å²) in [6.07, 6.45) is 1.82. The van der Waals surface area contributed by atoms with Gasteiger partial charge in [0, 0.05) is 6.54 Å². The minimum atomic E-state index is -5.25. The normalized spacial score (nSPS) is 34.8. The van der Waals surface area contributed by atoms with Gasteiger partial charge in [-0.1, -0.05) is 41.5 Å². The molecular weight excluding hydrogens is 339 g/mol. The average Bonchev–Trinajstić information content (AvgIpc) is 2.90. The second-order valence-electron chi connectivity index (χ2n) is 9.74. The second kappa shape index (κ2) is 5.86. The Hall–Kier alpha value is -0.300. The molecule has 0 aromatic heterocycles. The fraction of sp³-hybridized carbons (Fsp3) is 1.00. The molecule has 0 spiro atoms. The first-order chi connectivity index (χ1) is 10.6. The van der Waals surface area contributed by atoms with Gasteiger partial charge in [-0.2, -0.15) is 13.2 Å². The van der Waals surface area contributed by atoms with E-state index in [1.54, 1.807) is 4.72 Å². The van der Waals surface area contributed by atoms with Gasteiger partial charge in [-0.05, 0) is 53.3 Å². The van der Waals surface area contributed by atoms with Gasteiger partial charge in [-0.25, -0.2) is 13.1 Å². The zero-order valence-electron chi connectivity index (χ0n) is 15.4. The van der Waals surface area contributed by atoms with Crippen LogP contribution in [-0.4, -0.2) is 20.5 Å². The number of hydrogen-bond donors (Lipinski definition) is 1. The molecule has 5 atom stereocenters. The van der Waals surface area contributed by atoms with Crippen molar-refractivity contribution in [2.24, 2.45) is 40.4 Å². The summed E-state index contributed by atoms with van der Waals surface area (Å²) < 4.78 is 61.9. The van der Waals surface area contributed by atoms with Crippen LogP contribution in [0.1, 0.15) is 54.4 Å². The van der Waals surface area contributed by atoms with Gasteiger partial charge in [-0.15, -0.1) is 0 Å². The van der Waals surface area contributed by atoms with Crippen molar-refractivity contribution in [1.82, 2.24) is 4.72 Å². The molecule has 0 saturated heterocycles. The van der Waals surface area contributed by atoms with Crippen LogP contribution in [-0.2, 0) is 10.0 Å². The van der Waals surface area contributed by atoms with Crippen LogP contribution in [0.3, 0.4) is 0 Å². The van der Waals surface area contributed by atoms with Crippen LogP contribution in [0.4, 0.5) is 13.2 Å². The van der Waals surface area contributed by atoms with Gasteiger partial charge >= 0.3 is 15.5 Å². The Labute approximate surface area is 143 Å². The first-order valence-electron chi connectivity index (χ1n) is 8.61. The minimum Gasteiger partial charge on any atom is -0.207 e. The molecule has 2 fully saturated rings. The highest BCUT2D eigenvalue weighted by molar-refractivity contribution is 7.90. The lowest BCUT2D eigenvalue weighted by Gasteiger charge is -2.48. The summed E-state index contributed by atoms with van der Waals surface area (Å²) in [5.74, 6) is 1.68. The standard InChI is InChI=1S/C17H30F3NO2S/c1-15(2,3)13-10-7-11(9-21-24(22,23)17(18,19)20)12(8-10)14(13)16(4,5)6/h10-14,21H,7-9H2,1-6H3. The van der Waals surface area contributed by atoms with Gasteiger partial charge < -0.3 is 0 Å². The van der Waals surface area contributed by atoms with Crippen LogP contribution in [0.5, 0.6) is 0 Å². The Morgan fingerprint density at radius 3 is 1.83 bits per heavy atom. The molecule has 0 heterocycles. The van der Waals surface area contributed by atoms with Crippen molar-refractivity contribution in [3.8, 4) is 0 Å². The molecule has 2 rings (SSSR count). The van der Waals surface area contributed by atoms with E-state index in [0.29, 0.717) is 17.8 Å². The Morgan fingerprint density at radius 1 is 0.917 bits per heavy atom. The van der Waals surface area contributed by atoms with Crippen LogP contribution in [0.2, 0.25) is 0 Å². The van der Waals surface area contributed by atoms with Gasteiger partial charge in [0.05, 0.1) is 0 Å². The van der Waals surface area contributed by atoms with E-state index in [4.69, 9.17) is 0 Å². The van der Waals surface area contributed by atoms with Crippen molar-refractivity contribution in [1.29, 1.82) is 0 Å². The van der Waals surface area contributed by atoms with Gasteiger partial charge in [0.2, 0.25) is 0 Å². The second-order valence-corrected chi connectivity index (χ2v) is 11.5. The van der Waals surface area contributed by atoms with Gasteiger partial charge in [0.25, 0.3) is 0 Å². The lowest BCUT2D eigenvalue weighted by Crippen LogP contribution is -2.46. The Bertz CT molecular complexity index is 572. The lowest BCUT2D eigenvalue weighted by atomic mass is 9.57. The molecule has 142 valence electrons. The SMILES string of the molecule is CC(C)(C)C1C2CC(CNS(=O)(=O)C(F)(F)F)C(C2)C1C(C)(C)C. The van der Waals surface area contributed by atoms with E-state index >= 15 is 0 Å². The highest BCUT2D eigenvalue weighted by atomic mass is 32.2. The summed E-state index contributed by atoms with van der Waals surface area (Å²) in [5, 5.41) is 0. The Balaban J connectivity index is 2.16. The predicted octanol–water partition coefficient (Wildman–Crippen LogP) is 4.41. The third-order valence-electron chi connectivity index (χ3n) is 5.98. The molecule has 2 bridgehead atoms. The summed E-state index contributed by atoms with van der Waals surface area (Å²) in [6.45, 7) is 13.2. The number of fused-ring (bicyclic) bond motifs is 2. The molecule has 24 heavy (non-hydrogen) atoms. The van der Waals surface area contributed by atoms with E-state index in [-0.39, 0.29) is 29.2 Å². The molecule has 7 heteroatoms. The average molecular weight is 369 g/mol. The fourth-order valence-electron chi connectivity index (χ4n) is 5.45. The van der Waals surface area contributed by atoms with Crippen LogP contribution < -0.4 is 4.72 Å². The molecule has 0 aliphatic heterocycles. The number of nitrogens with one attached hydrogen (secondary N) is 1. The van der Waals surface area contributed by atoms with E-state index in [9.17, 15) is 21.6 Å². The number of sulfonamides is 1. The van der Waals surface area contributed by atoms with Gasteiger partial charge in [0.15, 0.2) is 0 Å². The highest BCUT2D eigenvalue weighted by Gasteiger charge is 2.58. The summed E-state index contributed by atoms with van der Waals surface area (Å²) >= 11 is 0. The zero-order valence-corrected chi connectivity index (χ0v) is 16.2. The fourth-order valence-corrected chi connectivity index (χ4v) is 6.05. The molecule has 0 aromatic rings. The van der Waals surface area contributed by atoms with E-state index < -0.39 is 15.5 Å². The van der Waals surface area contributed by atoms with E-state index in [2.05, 4.69) is 41.5 Å². The minimum absolute atomic E-state index is 0.00468. The largest absolute Gasteiger partial charge is 0.511 e. The number of hydrogen-bond acceptors (Lipinski definition) is 2. The monoisotopic (exact) mass is 369 g/mol. The molecule has 2 saturated carbocycles. The predicted molar refractivity (Wildman–Crippen MR) is 88.6 cm³/mol. The molecular formula is C17H30F3NO2S. The van der Waals surface area contributed by atoms with Crippen LogP contribution in [0.25, 0.3) is 0 Å². The van der Waals surface area contributed by atoms with Crippen molar-refractivity contribution in [3.05, 3.63) is 0 Å². The zero-order chi connectivity index (χ0) is 18.7. The van der Waals surface area contributed by atoms with E-state index in [1.807, 2.05) is 0 Å². The maximum absolute atomic E-state index is 12.5. The summed E-state index contributed by atoms with van der Waals surface area (Å²) in [4.78, 5) is 0. The maximum atomic E-state index is 12.5. The van der Waals surface area contributed by atoms with Crippen LogP contribution in [0.15, 0.2) is 0 Å². The van der Waals surface area contributed by atoms with E-state index in [1.165, 1.54) is 0 Å². The molecule has 0 aromatic carbocycles. The summed E-state index contributed by atoms with van der Waals surface area (Å²) in [7, 11) is -5.25. The van der Waals surface area contributed by atoms with Crippen molar-refractivity contribution in [3.63, 3.8) is 0 Å². The quantitative estimate of drug-likeness (QED) is 0.801. The lowest BCUT2D eigenvalue weighted by molar-refractivity contribution is -0.0452. The molecule has 2 aliphatic carbocycles. The summed E-state index contributed by atoms with van der Waals surface area (Å²) in [6, 6.07) is 0. The third kappa shape index (κ3) is 3.62. The van der Waals surface area contributed by atoms with Gasteiger partial charge in [-0.3, -0.25) is 0 Å². The van der Waals surface area contributed by atoms with Crippen molar-refractivity contribution >= 4 is 10.0 Å². The number of alkyl halides is 3.